The van der Waals surface area contributed by atoms with Gasteiger partial charge in [-0.3, -0.25) is 4.99 Å². The number of nitrogens with zero attached hydrogens (tertiary/aromatic N) is 2. The van der Waals surface area contributed by atoms with Gasteiger partial charge in [-0.25, -0.2) is 4.99 Å². The van der Waals surface area contributed by atoms with Crippen molar-refractivity contribution >= 4 is 28.2 Å². The van der Waals surface area contributed by atoms with Gasteiger partial charge in [0.05, 0.1) is 6.54 Å². The SMILES string of the molecule is FC(F)OC1=NC=NCC1(Br)C1CC1. The van der Waals surface area contributed by atoms with Gasteiger partial charge < -0.3 is 4.74 Å². The minimum absolute atomic E-state index is 0.0602. The van der Waals surface area contributed by atoms with Gasteiger partial charge in [0, 0.05) is 0 Å². The molecule has 1 unspecified atom stereocenters. The van der Waals surface area contributed by atoms with Crippen molar-refractivity contribution in [3.63, 3.8) is 0 Å². The summed E-state index contributed by atoms with van der Waals surface area (Å²) in [5.41, 5.74) is 0. The average Bonchev–Trinajstić information content (AvgIpc) is 2.91. The van der Waals surface area contributed by atoms with Crippen molar-refractivity contribution in [2.24, 2.45) is 15.9 Å². The highest BCUT2D eigenvalue weighted by Gasteiger charge is 2.50. The van der Waals surface area contributed by atoms with Crippen molar-refractivity contribution in [1.29, 1.82) is 0 Å². The molecule has 0 aromatic rings. The summed E-state index contributed by atoms with van der Waals surface area (Å²) in [5, 5.41) is 0. The normalized spacial score (nSPS) is 31.9. The Balaban J connectivity index is 2.15. The fourth-order valence-corrected chi connectivity index (χ4v) is 2.30. The second-order valence-electron chi connectivity index (χ2n) is 3.41. The zero-order chi connectivity index (χ0) is 10.2. The molecule has 1 aliphatic heterocycles. The van der Waals surface area contributed by atoms with E-state index in [4.69, 9.17) is 0 Å². The van der Waals surface area contributed by atoms with Crippen molar-refractivity contribution in [1.82, 2.24) is 0 Å². The van der Waals surface area contributed by atoms with E-state index in [2.05, 4.69) is 30.7 Å². The molecule has 0 aromatic carbocycles. The first-order valence-electron chi connectivity index (χ1n) is 4.33. The molecule has 0 radical (unpaired) electrons. The highest BCUT2D eigenvalue weighted by molar-refractivity contribution is 9.10. The number of rotatable bonds is 2. The molecule has 6 heteroatoms. The van der Waals surface area contributed by atoms with Crippen LogP contribution in [0.3, 0.4) is 0 Å². The van der Waals surface area contributed by atoms with Gasteiger partial charge in [0.1, 0.15) is 10.7 Å². The van der Waals surface area contributed by atoms with Crippen LogP contribution >= 0.6 is 15.9 Å². The molecule has 14 heavy (non-hydrogen) atoms. The molecule has 78 valence electrons. The molecule has 1 fully saturated rings. The maximum absolute atomic E-state index is 12.1. The maximum atomic E-state index is 12.1. The Labute approximate surface area is 88.4 Å². The van der Waals surface area contributed by atoms with E-state index < -0.39 is 10.9 Å². The lowest BCUT2D eigenvalue weighted by molar-refractivity contribution is -0.0638. The monoisotopic (exact) mass is 266 g/mol. The van der Waals surface area contributed by atoms with Crippen LogP contribution in [0, 0.1) is 5.92 Å². The van der Waals surface area contributed by atoms with E-state index >= 15 is 0 Å². The third-order valence-corrected chi connectivity index (χ3v) is 3.60. The molecule has 1 heterocycles. The molecule has 0 saturated heterocycles. The maximum Gasteiger partial charge on any atom is 0.388 e. The zero-order valence-electron chi connectivity index (χ0n) is 7.29. The Kier molecular flexibility index (Phi) is 2.55. The van der Waals surface area contributed by atoms with Crippen molar-refractivity contribution in [3.05, 3.63) is 0 Å². The predicted molar refractivity (Wildman–Crippen MR) is 52.3 cm³/mol. The van der Waals surface area contributed by atoms with Crippen LogP contribution in [-0.2, 0) is 4.74 Å². The Hall–Kier alpha value is -0.520. The van der Waals surface area contributed by atoms with E-state index in [-0.39, 0.29) is 5.90 Å². The number of aliphatic imine (C=N–C) groups is 2. The second-order valence-corrected chi connectivity index (χ2v) is 4.82. The summed E-state index contributed by atoms with van der Waals surface area (Å²) in [6.07, 6.45) is 3.28. The Morgan fingerprint density at radius 3 is 2.86 bits per heavy atom. The average molecular weight is 267 g/mol. The largest absolute Gasteiger partial charge is 0.419 e. The first kappa shape index (κ1) is 10.0. The van der Waals surface area contributed by atoms with Crippen LogP contribution < -0.4 is 0 Å². The molecule has 0 amide bonds. The number of ether oxygens (including phenoxy) is 1. The zero-order valence-corrected chi connectivity index (χ0v) is 8.88. The van der Waals surface area contributed by atoms with Gasteiger partial charge in [-0.05, 0) is 18.8 Å². The Morgan fingerprint density at radius 1 is 1.57 bits per heavy atom. The summed E-state index contributed by atoms with van der Waals surface area (Å²) >= 11 is 3.41. The van der Waals surface area contributed by atoms with Gasteiger partial charge in [0.2, 0.25) is 5.90 Å². The fourth-order valence-electron chi connectivity index (χ4n) is 1.50. The van der Waals surface area contributed by atoms with Crippen LogP contribution in [0.5, 0.6) is 0 Å². The Bertz CT molecular complexity index is 291. The molecular formula is C8H9BrF2N2O. The van der Waals surface area contributed by atoms with Crippen molar-refractivity contribution in [2.45, 2.75) is 23.8 Å². The lowest BCUT2D eigenvalue weighted by Crippen LogP contribution is -2.42. The van der Waals surface area contributed by atoms with E-state index in [0.717, 1.165) is 12.8 Å². The summed E-state index contributed by atoms with van der Waals surface area (Å²) < 4.78 is 27.9. The van der Waals surface area contributed by atoms with Crippen LogP contribution in [-0.4, -0.2) is 29.7 Å². The second kappa shape index (κ2) is 3.56. The van der Waals surface area contributed by atoms with E-state index in [1.165, 1.54) is 6.34 Å². The van der Waals surface area contributed by atoms with Gasteiger partial charge in [0.15, 0.2) is 0 Å². The third kappa shape index (κ3) is 1.80. The molecule has 1 saturated carbocycles. The van der Waals surface area contributed by atoms with E-state index in [1.54, 1.807) is 0 Å². The quantitative estimate of drug-likeness (QED) is 0.706. The van der Waals surface area contributed by atoms with Crippen molar-refractivity contribution in [2.75, 3.05) is 6.54 Å². The van der Waals surface area contributed by atoms with Crippen LogP contribution in [0.25, 0.3) is 0 Å². The minimum Gasteiger partial charge on any atom is -0.419 e. The molecule has 1 atom stereocenters. The van der Waals surface area contributed by atoms with Gasteiger partial charge in [0.25, 0.3) is 0 Å². The molecule has 2 rings (SSSR count). The van der Waals surface area contributed by atoms with E-state index in [9.17, 15) is 8.78 Å². The summed E-state index contributed by atoms with van der Waals surface area (Å²) in [7, 11) is 0. The summed E-state index contributed by atoms with van der Waals surface area (Å²) in [6.45, 7) is -2.40. The van der Waals surface area contributed by atoms with Crippen LogP contribution in [0.2, 0.25) is 0 Å². The molecular weight excluding hydrogens is 258 g/mol. The summed E-state index contributed by atoms with van der Waals surface area (Å²) in [6, 6.07) is 0. The van der Waals surface area contributed by atoms with Gasteiger partial charge in [-0.1, -0.05) is 15.9 Å². The molecule has 0 spiro atoms. The first-order valence-corrected chi connectivity index (χ1v) is 5.12. The number of alkyl halides is 3. The molecule has 0 aromatic heterocycles. The van der Waals surface area contributed by atoms with E-state index in [0.29, 0.717) is 12.5 Å². The van der Waals surface area contributed by atoms with Gasteiger partial charge in [-0.2, -0.15) is 8.78 Å². The summed E-state index contributed by atoms with van der Waals surface area (Å²) in [4.78, 5) is 7.72. The van der Waals surface area contributed by atoms with Crippen molar-refractivity contribution < 1.29 is 13.5 Å². The molecule has 0 N–H and O–H groups in total. The Morgan fingerprint density at radius 2 is 2.29 bits per heavy atom. The third-order valence-electron chi connectivity index (χ3n) is 2.36. The molecule has 3 nitrogen and oxygen atoms in total. The van der Waals surface area contributed by atoms with Crippen molar-refractivity contribution in [3.8, 4) is 0 Å². The number of hydrogen-bond acceptors (Lipinski definition) is 3. The molecule has 1 aliphatic carbocycles. The van der Waals surface area contributed by atoms with Crippen LogP contribution in [0.4, 0.5) is 8.78 Å². The van der Waals surface area contributed by atoms with E-state index in [1.807, 2.05) is 0 Å². The number of hydrogen-bond donors (Lipinski definition) is 0. The van der Waals surface area contributed by atoms with Gasteiger partial charge >= 0.3 is 6.61 Å². The smallest absolute Gasteiger partial charge is 0.388 e. The predicted octanol–water partition coefficient (Wildman–Crippen LogP) is 2.21. The molecule has 0 bridgehead atoms. The highest BCUT2D eigenvalue weighted by atomic mass is 79.9. The topological polar surface area (TPSA) is 34.0 Å². The first-order chi connectivity index (χ1) is 6.63. The minimum atomic E-state index is -2.82. The fraction of sp³-hybridized carbons (Fsp3) is 0.750. The standard InChI is InChI=1S/C8H9BrF2N2O/c9-8(5-1-2-5)3-12-4-13-6(8)14-7(10)11/h4-5,7H,1-3H2. The summed E-state index contributed by atoms with van der Waals surface area (Å²) in [5.74, 6) is 0.377. The lowest BCUT2D eigenvalue weighted by Gasteiger charge is -2.28. The van der Waals surface area contributed by atoms with Crippen LogP contribution in [0.1, 0.15) is 12.8 Å². The van der Waals surface area contributed by atoms with Gasteiger partial charge in [-0.15, -0.1) is 0 Å². The van der Waals surface area contributed by atoms with Crippen LogP contribution in [0.15, 0.2) is 9.98 Å². The lowest BCUT2D eigenvalue weighted by atomic mass is 10.0. The highest BCUT2D eigenvalue weighted by Crippen LogP contribution is 2.47. The molecule has 2 aliphatic rings. The number of halogens is 3.